The molecule has 6 heteroatoms. The van der Waals surface area contributed by atoms with Gasteiger partial charge in [0.1, 0.15) is 0 Å². The summed E-state index contributed by atoms with van der Waals surface area (Å²) < 4.78 is 2.99. The zero-order chi connectivity index (χ0) is 16.1. The van der Waals surface area contributed by atoms with Gasteiger partial charge in [-0.1, -0.05) is 29.5 Å². The van der Waals surface area contributed by atoms with Gasteiger partial charge in [0.05, 0.1) is 27.7 Å². The number of carbonyl (C=O) groups is 1. The molecular formula is C18H13N3OS2. The van der Waals surface area contributed by atoms with E-state index in [9.17, 15) is 4.79 Å². The quantitative estimate of drug-likeness (QED) is 0.536. The molecule has 0 bridgehead atoms. The fraction of sp³-hybridized carbons (Fsp3) is 0.167. The Bertz CT molecular complexity index is 1010. The highest BCUT2D eigenvalue weighted by molar-refractivity contribution is 7.20. The zero-order valence-electron chi connectivity index (χ0n) is 12.7. The van der Waals surface area contributed by atoms with E-state index in [4.69, 9.17) is 0 Å². The highest BCUT2D eigenvalue weighted by atomic mass is 32.1. The summed E-state index contributed by atoms with van der Waals surface area (Å²) in [7, 11) is 0. The minimum Gasteiger partial charge on any atom is -0.294 e. The lowest BCUT2D eigenvalue weighted by atomic mass is 9.86. The molecule has 1 aliphatic carbocycles. The first-order chi connectivity index (χ1) is 11.8. The number of Topliss-reactive ketones (excluding diaryl/α,β-unsaturated/α-hetero) is 1. The predicted octanol–water partition coefficient (Wildman–Crippen LogP) is 4.46. The van der Waals surface area contributed by atoms with Gasteiger partial charge in [0.15, 0.2) is 5.78 Å². The van der Waals surface area contributed by atoms with Crippen molar-refractivity contribution >= 4 is 38.7 Å². The summed E-state index contributed by atoms with van der Waals surface area (Å²) >= 11 is 3.33. The van der Waals surface area contributed by atoms with Crippen LogP contribution in [0.4, 0.5) is 0 Å². The molecule has 0 aliphatic heterocycles. The van der Waals surface area contributed by atoms with Crippen LogP contribution in [0.1, 0.15) is 33.3 Å². The lowest BCUT2D eigenvalue weighted by Crippen LogP contribution is -2.19. The Morgan fingerprint density at radius 3 is 2.88 bits per heavy atom. The first kappa shape index (κ1) is 14.1. The van der Waals surface area contributed by atoms with Gasteiger partial charge in [-0.3, -0.25) is 4.79 Å². The first-order valence-electron chi connectivity index (χ1n) is 7.79. The van der Waals surface area contributed by atoms with E-state index in [0.29, 0.717) is 6.42 Å². The number of nitrogens with zero attached hydrogens (tertiary/aromatic N) is 3. The van der Waals surface area contributed by atoms with Gasteiger partial charge >= 0.3 is 0 Å². The van der Waals surface area contributed by atoms with Crippen molar-refractivity contribution in [1.29, 1.82) is 0 Å². The average Bonchev–Trinajstić information content (AvgIpc) is 3.32. The molecular weight excluding hydrogens is 338 g/mol. The predicted molar refractivity (Wildman–Crippen MR) is 96.5 cm³/mol. The van der Waals surface area contributed by atoms with E-state index >= 15 is 0 Å². The van der Waals surface area contributed by atoms with Crippen molar-refractivity contribution in [2.24, 2.45) is 0 Å². The maximum absolute atomic E-state index is 12.5. The van der Waals surface area contributed by atoms with E-state index in [1.807, 2.05) is 28.9 Å². The molecule has 1 atom stereocenters. The second-order valence-corrected chi connectivity index (χ2v) is 7.91. The third-order valence-corrected chi connectivity index (χ3v) is 6.50. The number of thiophene rings is 1. The molecule has 0 fully saturated rings. The number of hydrogen-bond donors (Lipinski definition) is 0. The molecule has 3 heterocycles. The maximum atomic E-state index is 12.5. The molecule has 3 aromatic heterocycles. The molecule has 4 aromatic rings. The van der Waals surface area contributed by atoms with E-state index < -0.39 is 0 Å². The molecule has 5 rings (SSSR count). The monoisotopic (exact) mass is 351 g/mol. The van der Waals surface area contributed by atoms with E-state index in [1.54, 1.807) is 28.9 Å². The standard InChI is InChI=1S/C18H13N3OS2/c22-15-9-11(16-6-3-7-23-16)8-14-12(15)10-19-21(14)18-20-13-4-1-2-5-17(13)24-18/h1-7,10-11H,8-9H2/t11-/m1/s1. The zero-order valence-corrected chi connectivity index (χ0v) is 14.3. The molecule has 1 aromatic carbocycles. The summed E-state index contributed by atoms with van der Waals surface area (Å²) in [6, 6.07) is 12.2. The van der Waals surface area contributed by atoms with Crippen LogP contribution in [-0.2, 0) is 6.42 Å². The van der Waals surface area contributed by atoms with Gasteiger partial charge < -0.3 is 0 Å². The van der Waals surface area contributed by atoms with Gasteiger partial charge in [-0.05, 0) is 30.0 Å². The van der Waals surface area contributed by atoms with Crippen LogP contribution in [0.5, 0.6) is 0 Å². The number of para-hydroxylation sites is 1. The Morgan fingerprint density at radius 1 is 1.12 bits per heavy atom. The number of carbonyl (C=O) groups excluding carboxylic acids is 1. The first-order valence-corrected chi connectivity index (χ1v) is 9.48. The van der Waals surface area contributed by atoms with Gasteiger partial charge in [-0.15, -0.1) is 11.3 Å². The number of hydrogen-bond acceptors (Lipinski definition) is 5. The van der Waals surface area contributed by atoms with Crippen molar-refractivity contribution in [2.75, 3.05) is 0 Å². The van der Waals surface area contributed by atoms with Gasteiger partial charge in [-0.2, -0.15) is 5.10 Å². The summed E-state index contributed by atoms with van der Waals surface area (Å²) in [6.07, 6.45) is 3.10. The van der Waals surface area contributed by atoms with Crippen LogP contribution in [0, 0.1) is 0 Å². The van der Waals surface area contributed by atoms with Crippen molar-refractivity contribution in [3.8, 4) is 5.13 Å². The Labute approximate surface area is 146 Å². The van der Waals surface area contributed by atoms with E-state index in [1.165, 1.54) is 4.88 Å². The summed E-state index contributed by atoms with van der Waals surface area (Å²) in [5, 5.41) is 7.38. The Balaban J connectivity index is 1.61. The van der Waals surface area contributed by atoms with Gasteiger partial charge in [0.25, 0.3) is 0 Å². The minimum atomic E-state index is 0.182. The number of fused-ring (bicyclic) bond motifs is 2. The molecule has 4 nitrogen and oxygen atoms in total. The number of rotatable bonds is 2. The number of benzene rings is 1. The van der Waals surface area contributed by atoms with Crippen LogP contribution in [0.2, 0.25) is 0 Å². The summed E-state index contributed by atoms with van der Waals surface area (Å²) in [4.78, 5) is 18.5. The third-order valence-electron chi connectivity index (χ3n) is 4.45. The maximum Gasteiger partial charge on any atom is 0.211 e. The van der Waals surface area contributed by atoms with Crippen molar-refractivity contribution in [3.05, 3.63) is 64.1 Å². The fourth-order valence-corrected chi connectivity index (χ4v) is 5.06. The second-order valence-electron chi connectivity index (χ2n) is 5.92. The largest absolute Gasteiger partial charge is 0.294 e. The molecule has 118 valence electrons. The Kier molecular flexibility index (Phi) is 3.14. The fourth-order valence-electron chi connectivity index (χ4n) is 3.28. The number of thiazole rings is 1. The number of aromatic nitrogens is 3. The highest BCUT2D eigenvalue weighted by Crippen LogP contribution is 2.36. The van der Waals surface area contributed by atoms with Crippen LogP contribution in [0.25, 0.3) is 15.3 Å². The lowest BCUT2D eigenvalue weighted by Gasteiger charge is -2.20. The van der Waals surface area contributed by atoms with Crippen LogP contribution in [-0.4, -0.2) is 20.5 Å². The summed E-state index contributed by atoms with van der Waals surface area (Å²) in [6.45, 7) is 0. The highest BCUT2D eigenvalue weighted by Gasteiger charge is 2.31. The van der Waals surface area contributed by atoms with Crippen molar-refractivity contribution in [1.82, 2.24) is 14.8 Å². The lowest BCUT2D eigenvalue weighted by molar-refractivity contribution is 0.0964. The Hall–Kier alpha value is -2.31. The Morgan fingerprint density at radius 2 is 2.04 bits per heavy atom. The molecule has 0 amide bonds. The van der Waals surface area contributed by atoms with Gasteiger partial charge in [0.2, 0.25) is 5.13 Å². The number of ketones is 1. The van der Waals surface area contributed by atoms with Crippen LogP contribution >= 0.6 is 22.7 Å². The van der Waals surface area contributed by atoms with Crippen LogP contribution in [0.3, 0.4) is 0 Å². The van der Waals surface area contributed by atoms with Crippen molar-refractivity contribution in [3.63, 3.8) is 0 Å². The molecule has 0 N–H and O–H groups in total. The second kappa shape index (κ2) is 5.36. The smallest absolute Gasteiger partial charge is 0.211 e. The van der Waals surface area contributed by atoms with Crippen molar-refractivity contribution < 1.29 is 4.79 Å². The SMILES string of the molecule is O=C1C[C@H](c2cccs2)Cc2c1cnn2-c1nc2ccccc2s1. The van der Waals surface area contributed by atoms with Crippen LogP contribution in [0.15, 0.2) is 48.0 Å². The van der Waals surface area contributed by atoms with Gasteiger partial charge in [-0.25, -0.2) is 9.67 Å². The summed E-state index contributed by atoms with van der Waals surface area (Å²) in [5.74, 6) is 0.428. The van der Waals surface area contributed by atoms with Gasteiger partial charge in [0, 0.05) is 17.2 Å². The summed E-state index contributed by atoms with van der Waals surface area (Å²) in [5.41, 5.74) is 2.71. The topological polar surface area (TPSA) is 47.8 Å². The van der Waals surface area contributed by atoms with Crippen LogP contribution < -0.4 is 0 Å². The molecule has 24 heavy (non-hydrogen) atoms. The molecule has 0 spiro atoms. The minimum absolute atomic E-state index is 0.182. The molecule has 0 saturated heterocycles. The average molecular weight is 351 g/mol. The third kappa shape index (κ3) is 2.14. The van der Waals surface area contributed by atoms with Crippen molar-refractivity contribution in [2.45, 2.75) is 18.8 Å². The molecule has 1 aliphatic rings. The van der Waals surface area contributed by atoms with E-state index in [0.717, 1.165) is 33.0 Å². The molecule has 0 radical (unpaired) electrons. The molecule has 0 saturated carbocycles. The van der Waals surface area contributed by atoms with E-state index in [-0.39, 0.29) is 11.7 Å². The molecule has 0 unspecified atom stereocenters. The van der Waals surface area contributed by atoms with E-state index in [2.05, 4.69) is 27.6 Å². The normalized spacial score (nSPS) is 17.3.